The van der Waals surface area contributed by atoms with Gasteiger partial charge in [-0.05, 0) is 70.3 Å². The van der Waals surface area contributed by atoms with Crippen LogP contribution in [0.1, 0.15) is 57.8 Å². The monoisotopic (exact) mass is 290 g/mol. The molecule has 1 N–H and O–H groups in total. The summed E-state index contributed by atoms with van der Waals surface area (Å²) in [5.41, 5.74) is 2.92. The lowest BCUT2D eigenvalue weighted by Gasteiger charge is -2.26. The molecule has 4 nitrogen and oxygen atoms in total. The van der Waals surface area contributed by atoms with Gasteiger partial charge < -0.3 is 5.32 Å². The number of nitrogens with one attached hydrogen (secondary N) is 1. The molecule has 0 aliphatic heterocycles. The minimum Gasteiger partial charge on any atom is -0.311 e. The first-order chi connectivity index (χ1) is 10.0. The lowest BCUT2D eigenvalue weighted by molar-refractivity contribution is 0.345. The van der Waals surface area contributed by atoms with E-state index in [1.54, 1.807) is 0 Å². The molecule has 3 rings (SSSR count). The van der Waals surface area contributed by atoms with Crippen LogP contribution in [0.4, 0.5) is 0 Å². The highest BCUT2D eigenvalue weighted by molar-refractivity contribution is 5.15. The average molecular weight is 290 g/mol. The van der Waals surface area contributed by atoms with E-state index in [0.717, 1.165) is 30.6 Å². The van der Waals surface area contributed by atoms with Crippen molar-refractivity contribution in [3.8, 4) is 0 Å². The molecule has 1 saturated carbocycles. The molecular formula is C17H30N4. The van der Waals surface area contributed by atoms with Gasteiger partial charge in [0.1, 0.15) is 0 Å². The highest BCUT2D eigenvalue weighted by atomic mass is 15.4. The minimum absolute atomic E-state index is 0.293. The molecule has 0 spiro atoms. The van der Waals surface area contributed by atoms with E-state index < -0.39 is 0 Å². The summed E-state index contributed by atoms with van der Waals surface area (Å²) < 4.78 is 1.98. The van der Waals surface area contributed by atoms with Crippen molar-refractivity contribution in [1.29, 1.82) is 0 Å². The molecule has 2 aliphatic carbocycles. The molecule has 3 atom stereocenters. The highest BCUT2D eigenvalue weighted by Gasteiger charge is 2.49. The summed E-state index contributed by atoms with van der Waals surface area (Å²) in [5.74, 6) is 2.74. The lowest BCUT2D eigenvalue weighted by Crippen LogP contribution is -2.40. The zero-order valence-electron chi connectivity index (χ0n) is 14.0. The van der Waals surface area contributed by atoms with Gasteiger partial charge in [0.25, 0.3) is 0 Å². The SMILES string of the molecule is CCCC(C)(C)NC[C@@H]1[C@@H]2CCc3c(nnn3C)CC[C@@H]21. The van der Waals surface area contributed by atoms with Gasteiger partial charge in [-0.2, -0.15) is 0 Å². The Bertz CT molecular complexity index is 491. The first kappa shape index (κ1) is 15.0. The third-order valence-electron chi connectivity index (χ3n) is 5.65. The molecule has 1 aromatic rings. The summed E-state index contributed by atoms with van der Waals surface area (Å²) in [6.07, 6.45) is 7.42. The fraction of sp³-hybridized carbons (Fsp3) is 0.882. The Hall–Kier alpha value is -0.900. The zero-order chi connectivity index (χ0) is 15.0. The van der Waals surface area contributed by atoms with Gasteiger partial charge in [0, 0.05) is 12.6 Å². The molecule has 0 bridgehead atoms. The molecule has 0 amide bonds. The van der Waals surface area contributed by atoms with Gasteiger partial charge in [0.05, 0.1) is 11.4 Å². The molecule has 1 heterocycles. The molecule has 21 heavy (non-hydrogen) atoms. The van der Waals surface area contributed by atoms with Crippen LogP contribution in [-0.2, 0) is 19.9 Å². The van der Waals surface area contributed by atoms with E-state index >= 15 is 0 Å². The number of rotatable bonds is 5. The predicted octanol–water partition coefficient (Wildman–Crippen LogP) is 2.72. The van der Waals surface area contributed by atoms with Gasteiger partial charge >= 0.3 is 0 Å². The quantitative estimate of drug-likeness (QED) is 0.906. The van der Waals surface area contributed by atoms with Crippen molar-refractivity contribution in [2.75, 3.05) is 6.54 Å². The van der Waals surface area contributed by atoms with E-state index in [2.05, 4.69) is 36.4 Å². The van der Waals surface area contributed by atoms with E-state index in [-0.39, 0.29) is 0 Å². The van der Waals surface area contributed by atoms with Gasteiger partial charge in [-0.1, -0.05) is 18.6 Å². The molecule has 4 heteroatoms. The number of aryl methyl sites for hydroxylation is 2. The maximum Gasteiger partial charge on any atom is 0.0859 e. The summed E-state index contributed by atoms with van der Waals surface area (Å²) in [6, 6.07) is 0. The Morgan fingerprint density at radius 2 is 1.95 bits per heavy atom. The molecule has 0 saturated heterocycles. The fourth-order valence-corrected chi connectivity index (χ4v) is 4.32. The molecule has 118 valence electrons. The first-order valence-corrected chi connectivity index (χ1v) is 8.64. The van der Waals surface area contributed by atoms with Gasteiger partial charge in [-0.3, -0.25) is 4.68 Å². The van der Waals surface area contributed by atoms with Crippen molar-refractivity contribution in [3.05, 3.63) is 11.4 Å². The molecule has 1 fully saturated rings. The van der Waals surface area contributed by atoms with Crippen LogP contribution in [0.15, 0.2) is 0 Å². The summed E-state index contributed by atoms with van der Waals surface area (Å²) in [4.78, 5) is 0. The summed E-state index contributed by atoms with van der Waals surface area (Å²) in [7, 11) is 2.03. The van der Waals surface area contributed by atoms with Crippen molar-refractivity contribution >= 4 is 0 Å². The fourth-order valence-electron chi connectivity index (χ4n) is 4.32. The maximum atomic E-state index is 4.34. The number of hydrogen-bond donors (Lipinski definition) is 1. The Morgan fingerprint density at radius 3 is 2.67 bits per heavy atom. The predicted molar refractivity (Wildman–Crippen MR) is 85.1 cm³/mol. The van der Waals surface area contributed by atoms with Crippen molar-refractivity contribution in [2.24, 2.45) is 24.8 Å². The normalized spacial score (nSPS) is 28.5. The topological polar surface area (TPSA) is 42.7 Å². The number of fused-ring (bicyclic) bond motifs is 2. The van der Waals surface area contributed by atoms with Crippen LogP contribution in [0.3, 0.4) is 0 Å². The third kappa shape index (κ3) is 3.15. The smallest absolute Gasteiger partial charge is 0.0859 e. The van der Waals surface area contributed by atoms with Crippen LogP contribution in [-0.4, -0.2) is 27.1 Å². The van der Waals surface area contributed by atoms with Gasteiger partial charge in [0.2, 0.25) is 0 Å². The minimum atomic E-state index is 0.293. The Morgan fingerprint density at radius 1 is 1.24 bits per heavy atom. The Balaban J connectivity index is 1.55. The lowest BCUT2D eigenvalue weighted by atomic mass is 9.98. The van der Waals surface area contributed by atoms with Crippen molar-refractivity contribution in [2.45, 2.75) is 64.8 Å². The van der Waals surface area contributed by atoms with Crippen LogP contribution in [0.2, 0.25) is 0 Å². The Labute approximate surface area is 128 Å². The average Bonchev–Trinajstić information content (AvgIpc) is 2.94. The van der Waals surface area contributed by atoms with Crippen molar-refractivity contribution < 1.29 is 0 Å². The zero-order valence-corrected chi connectivity index (χ0v) is 14.0. The maximum absolute atomic E-state index is 4.34. The van der Waals surface area contributed by atoms with E-state index in [1.165, 1.54) is 43.6 Å². The van der Waals surface area contributed by atoms with Gasteiger partial charge in [0.15, 0.2) is 0 Å². The van der Waals surface area contributed by atoms with E-state index in [4.69, 9.17) is 0 Å². The Kier molecular flexibility index (Phi) is 4.08. The second-order valence-electron chi connectivity index (χ2n) is 7.69. The summed E-state index contributed by atoms with van der Waals surface area (Å²) >= 11 is 0. The van der Waals surface area contributed by atoms with Crippen molar-refractivity contribution in [3.63, 3.8) is 0 Å². The van der Waals surface area contributed by atoms with E-state index in [9.17, 15) is 0 Å². The summed E-state index contributed by atoms with van der Waals surface area (Å²) in [5, 5.41) is 12.3. The van der Waals surface area contributed by atoms with Gasteiger partial charge in [-0.15, -0.1) is 5.10 Å². The second kappa shape index (κ2) is 5.71. The van der Waals surface area contributed by atoms with Crippen LogP contribution in [0.25, 0.3) is 0 Å². The number of nitrogens with zero attached hydrogens (tertiary/aromatic N) is 3. The van der Waals surface area contributed by atoms with E-state index in [0.29, 0.717) is 5.54 Å². The van der Waals surface area contributed by atoms with Crippen LogP contribution in [0.5, 0.6) is 0 Å². The molecule has 0 aromatic carbocycles. The van der Waals surface area contributed by atoms with Crippen LogP contribution in [0, 0.1) is 17.8 Å². The highest BCUT2D eigenvalue weighted by Crippen LogP contribution is 2.52. The largest absolute Gasteiger partial charge is 0.311 e. The third-order valence-corrected chi connectivity index (χ3v) is 5.65. The van der Waals surface area contributed by atoms with Gasteiger partial charge in [-0.25, -0.2) is 0 Å². The first-order valence-electron chi connectivity index (χ1n) is 8.64. The molecule has 1 aromatic heterocycles. The van der Waals surface area contributed by atoms with Crippen molar-refractivity contribution in [1.82, 2.24) is 20.3 Å². The van der Waals surface area contributed by atoms with E-state index in [1.807, 2.05) is 11.7 Å². The molecule has 2 aliphatic rings. The standard InChI is InChI=1S/C17H30N4/c1-5-10-17(2,3)18-11-14-12-6-8-15-16(9-7-13(12)14)21(4)20-19-15/h12-14,18H,5-11H2,1-4H3/t12-,13+,14-/m0/s1. The second-order valence-corrected chi connectivity index (χ2v) is 7.69. The molecule has 0 unspecified atom stereocenters. The molecular weight excluding hydrogens is 260 g/mol. The number of aromatic nitrogens is 3. The van der Waals surface area contributed by atoms with Crippen LogP contribution >= 0.6 is 0 Å². The summed E-state index contributed by atoms with van der Waals surface area (Å²) in [6.45, 7) is 8.15. The number of hydrogen-bond acceptors (Lipinski definition) is 3. The molecule has 0 radical (unpaired) electrons. The van der Waals surface area contributed by atoms with Crippen LogP contribution < -0.4 is 5.32 Å².